The van der Waals surface area contributed by atoms with E-state index in [1.807, 2.05) is 5.01 Å². The van der Waals surface area contributed by atoms with E-state index in [0.717, 1.165) is 18.9 Å². The number of carbonyl (C=O) groups excluding carboxylic acids is 2. The van der Waals surface area contributed by atoms with Crippen LogP contribution in [0.4, 0.5) is 13.2 Å². The van der Waals surface area contributed by atoms with Gasteiger partial charge < -0.3 is 10.0 Å². The number of aromatic hydroxyl groups is 1. The highest BCUT2D eigenvalue weighted by Gasteiger charge is 2.40. The molecule has 0 unspecified atom stereocenters. The minimum absolute atomic E-state index is 0.214. The number of hydrogen-bond acceptors (Lipinski definition) is 5. The summed E-state index contributed by atoms with van der Waals surface area (Å²) < 4.78 is 42.5. The molecule has 3 heterocycles. The quantitative estimate of drug-likeness (QED) is 0.561. The van der Waals surface area contributed by atoms with Crippen LogP contribution in [0.5, 0.6) is 5.75 Å². The molecule has 1 atom stereocenters. The van der Waals surface area contributed by atoms with Crippen molar-refractivity contribution >= 4 is 11.7 Å². The predicted octanol–water partition coefficient (Wildman–Crippen LogP) is 2.71. The minimum Gasteiger partial charge on any atom is -0.502 e. The van der Waals surface area contributed by atoms with Crippen molar-refractivity contribution in [1.82, 2.24) is 9.58 Å². The van der Waals surface area contributed by atoms with Crippen LogP contribution in [0.1, 0.15) is 59.0 Å². The van der Waals surface area contributed by atoms with Gasteiger partial charge in [0.05, 0.1) is 5.56 Å². The lowest BCUT2D eigenvalue weighted by Gasteiger charge is -2.48. The molecule has 1 saturated heterocycles. The van der Waals surface area contributed by atoms with Crippen molar-refractivity contribution in [2.24, 2.45) is 0 Å². The van der Waals surface area contributed by atoms with E-state index in [2.05, 4.69) is 0 Å². The van der Waals surface area contributed by atoms with Crippen LogP contribution in [0.3, 0.4) is 0 Å². The standard InChI is InChI=1S/C22H22F3N3O4/c1-2-26-17-5-3-4-10-27(17)28-11-13(20(30)21(31)19(28)22(26)32)16(29)9-6-12-14(23)7-8-15(24)18(12)25/h7-8,11,17,31H,2-6,9-10H2,1H3/t17-/m0/s1. The Labute approximate surface area is 181 Å². The van der Waals surface area contributed by atoms with Crippen molar-refractivity contribution in [1.29, 1.82) is 0 Å². The summed E-state index contributed by atoms with van der Waals surface area (Å²) in [7, 11) is 0. The highest BCUT2D eigenvalue weighted by molar-refractivity contribution is 6.00. The second kappa shape index (κ2) is 8.33. The third-order valence-corrected chi connectivity index (χ3v) is 6.09. The number of aromatic nitrogens is 1. The van der Waals surface area contributed by atoms with E-state index in [4.69, 9.17) is 0 Å². The number of rotatable bonds is 5. The normalized spacial score (nSPS) is 17.9. The molecule has 0 bridgehead atoms. The van der Waals surface area contributed by atoms with E-state index in [9.17, 15) is 32.7 Å². The maximum atomic E-state index is 13.9. The molecule has 1 amide bonds. The topological polar surface area (TPSA) is 82.9 Å². The number of carbonyl (C=O) groups is 2. The zero-order chi connectivity index (χ0) is 23.2. The molecule has 1 fully saturated rings. The molecule has 0 saturated carbocycles. The Morgan fingerprint density at radius 1 is 1.16 bits per heavy atom. The Morgan fingerprint density at radius 3 is 2.59 bits per heavy atom. The number of benzene rings is 1. The fraction of sp³-hybridized carbons (Fsp3) is 0.409. The summed E-state index contributed by atoms with van der Waals surface area (Å²) in [6.45, 7) is 2.74. The Kier molecular flexibility index (Phi) is 5.70. The van der Waals surface area contributed by atoms with E-state index < -0.39 is 64.3 Å². The summed E-state index contributed by atoms with van der Waals surface area (Å²) >= 11 is 0. The molecule has 2 aliphatic heterocycles. The van der Waals surface area contributed by atoms with Crippen LogP contribution in [0.25, 0.3) is 0 Å². The number of pyridine rings is 1. The van der Waals surface area contributed by atoms with E-state index in [0.29, 0.717) is 25.6 Å². The number of nitrogens with zero attached hydrogens (tertiary/aromatic N) is 3. The van der Waals surface area contributed by atoms with Crippen molar-refractivity contribution in [3.05, 3.63) is 62.8 Å². The van der Waals surface area contributed by atoms with E-state index >= 15 is 0 Å². The second-order valence-electron chi connectivity index (χ2n) is 7.89. The first-order valence-corrected chi connectivity index (χ1v) is 10.5. The molecule has 0 radical (unpaired) electrons. The van der Waals surface area contributed by atoms with Crippen LogP contribution < -0.4 is 10.4 Å². The first-order chi connectivity index (χ1) is 15.3. The lowest BCUT2D eigenvalue weighted by Crippen LogP contribution is -2.63. The summed E-state index contributed by atoms with van der Waals surface area (Å²) in [5.41, 5.74) is -2.23. The van der Waals surface area contributed by atoms with Gasteiger partial charge in [0.2, 0.25) is 5.43 Å². The fourth-order valence-electron chi connectivity index (χ4n) is 4.45. The number of piperidine rings is 1. The molecule has 0 spiro atoms. The van der Waals surface area contributed by atoms with Crippen molar-refractivity contribution in [3.8, 4) is 5.75 Å². The monoisotopic (exact) mass is 449 g/mol. The largest absolute Gasteiger partial charge is 0.502 e. The summed E-state index contributed by atoms with van der Waals surface area (Å²) in [5.74, 6) is -5.75. The van der Waals surface area contributed by atoms with Crippen LogP contribution in [0.2, 0.25) is 0 Å². The predicted molar refractivity (Wildman–Crippen MR) is 109 cm³/mol. The molecule has 2 aliphatic rings. The number of amides is 1. The summed E-state index contributed by atoms with van der Waals surface area (Å²) in [6.07, 6.45) is 2.43. The van der Waals surface area contributed by atoms with Crippen LogP contribution in [-0.2, 0) is 6.42 Å². The highest BCUT2D eigenvalue weighted by atomic mass is 19.2. The Morgan fingerprint density at radius 2 is 1.88 bits per heavy atom. The van der Waals surface area contributed by atoms with Crippen LogP contribution >= 0.6 is 0 Å². The Hall–Kier alpha value is -3.30. The average molecular weight is 449 g/mol. The van der Waals surface area contributed by atoms with Gasteiger partial charge in [-0.15, -0.1) is 0 Å². The van der Waals surface area contributed by atoms with Gasteiger partial charge in [0.25, 0.3) is 5.91 Å². The van der Waals surface area contributed by atoms with Crippen LogP contribution in [0.15, 0.2) is 23.1 Å². The van der Waals surface area contributed by atoms with Crippen LogP contribution in [-0.4, -0.2) is 45.6 Å². The average Bonchev–Trinajstić information content (AvgIpc) is 2.78. The molecule has 1 N–H and O–H groups in total. The Bertz CT molecular complexity index is 1160. The van der Waals surface area contributed by atoms with Gasteiger partial charge in [-0.05, 0) is 44.7 Å². The van der Waals surface area contributed by atoms with Gasteiger partial charge in [0.1, 0.15) is 12.0 Å². The van der Waals surface area contributed by atoms with Crippen molar-refractivity contribution in [2.45, 2.75) is 45.2 Å². The van der Waals surface area contributed by atoms with Gasteiger partial charge in [-0.1, -0.05) is 0 Å². The second-order valence-corrected chi connectivity index (χ2v) is 7.89. The first kappa shape index (κ1) is 21.9. The lowest BCUT2D eigenvalue weighted by atomic mass is 10.0. The molecule has 0 aliphatic carbocycles. The SMILES string of the molecule is CCN1C(=O)c2c(O)c(=O)c(C(=O)CCc3c(F)ccc(F)c3F)cn2N2CCCC[C@@H]12. The zero-order valence-electron chi connectivity index (χ0n) is 17.4. The molecule has 7 nitrogen and oxygen atoms in total. The first-order valence-electron chi connectivity index (χ1n) is 10.5. The molecule has 4 rings (SSSR count). The van der Waals surface area contributed by atoms with Crippen molar-refractivity contribution < 1.29 is 27.9 Å². The third kappa shape index (κ3) is 3.43. The fourth-order valence-corrected chi connectivity index (χ4v) is 4.45. The molecular formula is C22H22F3N3O4. The molecular weight excluding hydrogens is 427 g/mol. The minimum atomic E-state index is -1.38. The molecule has 10 heteroatoms. The molecule has 1 aromatic heterocycles. The summed E-state index contributed by atoms with van der Waals surface area (Å²) in [5, 5.41) is 12.4. The molecule has 170 valence electrons. The number of Topliss-reactive ketones (excluding diaryl/α,β-unsaturated/α-hetero) is 1. The van der Waals surface area contributed by atoms with E-state index in [-0.39, 0.29) is 11.9 Å². The van der Waals surface area contributed by atoms with Gasteiger partial charge in [0.15, 0.2) is 28.9 Å². The molecule has 32 heavy (non-hydrogen) atoms. The van der Waals surface area contributed by atoms with Gasteiger partial charge in [0, 0.05) is 31.3 Å². The molecule has 2 aromatic rings. The van der Waals surface area contributed by atoms with Gasteiger partial charge >= 0.3 is 0 Å². The smallest absolute Gasteiger partial charge is 0.278 e. The van der Waals surface area contributed by atoms with Crippen molar-refractivity contribution in [3.63, 3.8) is 0 Å². The lowest BCUT2D eigenvalue weighted by molar-refractivity contribution is 0.0534. The van der Waals surface area contributed by atoms with E-state index in [1.54, 1.807) is 11.8 Å². The van der Waals surface area contributed by atoms with Gasteiger partial charge in [-0.25, -0.2) is 13.2 Å². The number of hydrogen-bond donors (Lipinski definition) is 1. The number of ketones is 1. The number of fused-ring (bicyclic) bond motifs is 3. The summed E-state index contributed by atoms with van der Waals surface area (Å²) in [6, 6.07) is 1.41. The van der Waals surface area contributed by atoms with Crippen LogP contribution in [0, 0.1) is 17.5 Å². The van der Waals surface area contributed by atoms with Crippen molar-refractivity contribution in [2.75, 3.05) is 18.1 Å². The number of halogens is 3. The van der Waals surface area contributed by atoms with E-state index in [1.165, 1.54) is 10.9 Å². The molecule has 1 aromatic carbocycles. The van der Waals surface area contributed by atoms with Gasteiger partial charge in [-0.2, -0.15) is 0 Å². The maximum absolute atomic E-state index is 13.9. The van der Waals surface area contributed by atoms with Gasteiger partial charge in [-0.3, -0.25) is 24.1 Å². The zero-order valence-corrected chi connectivity index (χ0v) is 17.4. The maximum Gasteiger partial charge on any atom is 0.278 e. The highest BCUT2D eigenvalue weighted by Crippen LogP contribution is 2.29. The summed E-state index contributed by atoms with van der Waals surface area (Å²) in [4.78, 5) is 40.0. The Balaban J connectivity index is 1.71. The third-order valence-electron chi connectivity index (χ3n) is 6.09.